The van der Waals surface area contributed by atoms with Crippen LogP contribution in [0, 0.1) is 0 Å². The first kappa shape index (κ1) is 16.6. The van der Waals surface area contributed by atoms with Crippen LogP contribution in [0.2, 0.25) is 0 Å². The van der Waals surface area contributed by atoms with Crippen LogP contribution < -0.4 is 5.32 Å². The fourth-order valence-corrected chi connectivity index (χ4v) is 2.40. The molecule has 0 aliphatic heterocycles. The number of thiazole rings is 1. The van der Waals surface area contributed by atoms with Crippen LogP contribution in [-0.2, 0) is 14.3 Å². The Kier molecular flexibility index (Phi) is 5.42. The molecule has 2 amide bonds. The van der Waals surface area contributed by atoms with E-state index in [1.54, 1.807) is 5.38 Å². The van der Waals surface area contributed by atoms with E-state index in [2.05, 4.69) is 9.72 Å². The summed E-state index contributed by atoms with van der Waals surface area (Å²) in [6, 6.07) is 9.37. The third-order valence-corrected chi connectivity index (χ3v) is 3.69. The second-order valence-corrected chi connectivity index (χ2v) is 5.29. The molecule has 1 N–H and O–H groups in total. The van der Waals surface area contributed by atoms with Crippen LogP contribution in [0.25, 0.3) is 10.6 Å². The molecule has 0 radical (unpaired) electrons. The van der Waals surface area contributed by atoms with Crippen LogP contribution in [0.5, 0.6) is 0 Å². The highest BCUT2D eigenvalue weighted by Gasteiger charge is 2.22. The van der Waals surface area contributed by atoms with Crippen molar-refractivity contribution in [3.8, 4) is 10.6 Å². The van der Waals surface area contributed by atoms with Gasteiger partial charge in [-0.15, -0.1) is 11.3 Å². The topological polar surface area (TPSA) is 94.6 Å². The Morgan fingerprint density at radius 3 is 2.57 bits per heavy atom. The number of imide groups is 1. The number of aromatic nitrogens is 1. The first-order valence-electron chi connectivity index (χ1n) is 6.62. The first-order chi connectivity index (χ1) is 11.0. The van der Waals surface area contributed by atoms with E-state index in [0.717, 1.165) is 12.7 Å². The van der Waals surface area contributed by atoms with E-state index in [1.807, 2.05) is 35.6 Å². The maximum atomic E-state index is 12.0. The minimum Gasteiger partial charge on any atom is -0.453 e. The fraction of sp³-hybridized carbons (Fsp3) is 0.200. The van der Waals surface area contributed by atoms with Gasteiger partial charge in [-0.05, 0) is 6.92 Å². The summed E-state index contributed by atoms with van der Waals surface area (Å²) < 4.78 is 9.27. The van der Waals surface area contributed by atoms with E-state index >= 15 is 0 Å². The van der Waals surface area contributed by atoms with Crippen molar-refractivity contribution < 1.29 is 23.9 Å². The molecule has 2 aromatic rings. The predicted octanol–water partition coefficient (Wildman–Crippen LogP) is 2.24. The molecule has 1 aromatic carbocycles. The average molecular weight is 334 g/mol. The van der Waals surface area contributed by atoms with Crippen LogP contribution in [0.1, 0.15) is 17.4 Å². The highest BCUT2D eigenvalue weighted by molar-refractivity contribution is 7.13. The number of carbonyl (C=O) groups is 3. The van der Waals surface area contributed by atoms with Gasteiger partial charge < -0.3 is 9.47 Å². The zero-order valence-electron chi connectivity index (χ0n) is 12.4. The second kappa shape index (κ2) is 7.50. The summed E-state index contributed by atoms with van der Waals surface area (Å²) in [4.78, 5) is 38.7. The number of amides is 2. The van der Waals surface area contributed by atoms with E-state index in [9.17, 15) is 14.4 Å². The fourth-order valence-electron chi connectivity index (χ4n) is 1.61. The minimum atomic E-state index is -1.15. The van der Waals surface area contributed by atoms with Crippen LogP contribution >= 0.6 is 11.3 Å². The number of hydrogen-bond acceptors (Lipinski definition) is 7. The molecule has 0 unspecified atom stereocenters. The Bertz CT molecular complexity index is 714. The summed E-state index contributed by atoms with van der Waals surface area (Å²) in [5.41, 5.74) is 0.986. The molecule has 120 valence electrons. The van der Waals surface area contributed by atoms with Crippen molar-refractivity contribution in [1.82, 2.24) is 10.3 Å². The SMILES string of the molecule is COC(=O)NC(=O)[C@@H](C)OC(=O)c1csc(-c2ccccc2)n1. The Balaban J connectivity index is 2.00. The Morgan fingerprint density at radius 1 is 1.22 bits per heavy atom. The van der Waals surface area contributed by atoms with Crippen molar-refractivity contribution in [2.45, 2.75) is 13.0 Å². The zero-order valence-corrected chi connectivity index (χ0v) is 13.3. The molecule has 0 saturated heterocycles. The van der Waals surface area contributed by atoms with Gasteiger partial charge in [0.25, 0.3) is 5.91 Å². The van der Waals surface area contributed by atoms with Gasteiger partial charge >= 0.3 is 12.1 Å². The molecule has 1 atom stereocenters. The van der Waals surface area contributed by atoms with E-state index < -0.39 is 24.1 Å². The number of nitrogens with one attached hydrogen (secondary N) is 1. The van der Waals surface area contributed by atoms with Gasteiger partial charge in [0.05, 0.1) is 7.11 Å². The number of methoxy groups -OCH3 is 1. The molecule has 0 fully saturated rings. The average Bonchev–Trinajstić information content (AvgIpc) is 3.05. The maximum absolute atomic E-state index is 12.0. The quantitative estimate of drug-likeness (QED) is 0.862. The molecule has 8 heteroatoms. The molecule has 23 heavy (non-hydrogen) atoms. The number of rotatable bonds is 4. The van der Waals surface area contributed by atoms with Gasteiger partial charge in [-0.1, -0.05) is 30.3 Å². The summed E-state index contributed by atoms with van der Waals surface area (Å²) in [5, 5.41) is 4.14. The number of hydrogen-bond donors (Lipinski definition) is 1. The molecule has 7 nitrogen and oxygen atoms in total. The summed E-state index contributed by atoms with van der Waals surface area (Å²) in [6.07, 6.45) is -2.07. The smallest absolute Gasteiger partial charge is 0.413 e. The largest absolute Gasteiger partial charge is 0.453 e. The Labute approximate surface area is 136 Å². The van der Waals surface area contributed by atoms with Crippen molar-refractivity contribution in [1.29, 1.82) is 0 Å². The minimum absolute atomic E-state index is 0.103. The van der Waals surface area contributed by atoms with Crippen molar-refractivity contribution in [2.75, 3.05) is 7.11 Å². The molecule has 0 aliphatic carbocycles. The summed E-state index contributed by atoms with van der Waals surface area (Å²) in [7, 11) is 1.12. The number of nitrogens with zero attached hydrogens (tertiary/aromatic N) is 1. The van der Waals surface area contributed by atoms with Gasteiger partial charge in [-0.2, -0.15) is 0 Å². The molecule has 1 aromatic heterocycles. The molecular formula is C15H14N2O5S. The van der Waals surface area contributed by atoms with Gasteiger partial charge in [0.15, 0.2) is 11.8 Å². The standard InChI is InChI=1S/C15H14N2O5S/c1-9(12(18)17-15(20)21-2)22-14(19)11-8-23-13(16-11)10-6-4-3-5-7-10/h3-9H,1-2H3,(H,17,18,20)/t9-/m1/s1. The first-order valence-corrected chi connectivity index (χ1v) is 7.50. The second-order valence-electron chi connectivity index (χ2n) is 4.43. The van der Waals surface area contributed by atoms with Crippen molar-refractivity contribution >= 4 is 29.3 Å². The molecule has 0 bridgehead atoms. The lowest BCUT2D eigenvalue weighted by Gasteiger charge is -2.11. The van der Waals surface area contributed by atoms with E-state index in [0.29, 0.717) is 5.01 Å². The lowest BCUT2D eigenvalue weighted by atomic mass is 10.2. The number of carbonyl (C=O) groups excluding carboxylic acids is 3. The normalized spacial score (nSPS) is 11.4. The molecule has 0 aliphatic rings. The molecule has 1 heterocycles. The highest BCUT2D eigenvalue weighted by Crippen LogP contribution is 2.23. The Morgan fingerprint density at radius 2 is 1.91 bits per heavy atom. The van der Waals surface area contributed by atoms with E-state index in [4.69, 9.17) is 4.74 Å². The summed E-state index contributed by atoms with van der Waals surface area (Å²) in [6.45, 7) is 1.35. The number of benzene rings is 1. The van der Waals surface area contributed by atoms with Crippen LogP contribution in [0.15, 0.2) is 35.7 Å². The molecular weight excluding hydrogens is 320 g/mol. The monoisotopic (exact) mass is 334 g/mol. The maximum Gasteiger partial charge on any atom is 0.413 e. The van der Waals surface area contributed by atoms with Gasteiger partial charge in [0, 0.05) is 10.9 Å². The third kappa shape index (κ3) is 4.36. The van der Waals surface area contributed by atoms with Gasteiger partial charge in [0.1, 0.15) is 5.01 Å². The van der Waals surface area contributed by atoms with Gasteiger partial charge in [-0.25, -0.2) is 14.6 Å². The lowest BCUT2D eigenvalue weighted by Crippen LogP contribution is -2.39. The summed E-state index contributed by atoms with van der Waals surface area (Å²) >= 11 is 1.29. The number of ether oxygens (including phenoxy) is 2. The number of alkyl carbamates (subject to hydrolysis) is 1. The molecule has 0 saturated carbocycles. The van der Waals surface area contributed by atoms with Crippen LogP contribution in [0.4, 0.5) is 4.79 Å². The van der Waals surface area contributed by atoms with E-state index in [1.165, 1.54) is 18.3 Å². The van der Waals surface area contributed by atoms with E-state index in [-0.39, 0.29) is 5.69 Å². The van der Waals surface area contributed by atoms with Crippen LogP contribution in [-0.4, -0.2) is 36.2 Å². The van der Waals surface area contributed by atoms with Gasteiger partial charge in [-0.3, -0.25) is 10.1 Å². The summed E-state index contributed by atoms with van der Waals surface area (Å²) in [5.74, 6) is -1.51. The highest BCUT2D eigenvalue weighted by atomic mass is 32.1. The van der Waals surface area contributed by atoms with Crippen LogP contribution in [0.3, 0.4) is 0 Å². The zero-order chi connectivity index (χ0) is 16.8. The molecule has 0 spiro atoms. The number of esters is 1. The van der Waals surface area contributed by atoms with Crippen molar-refractivity contribution in [3.05, 3.63) is 41.4 Å². The third-order valence-electron chi connectivity index (χ3n) is 2.80. The predicted molar refractivity (Wildman–Crippen MR) is 83.0 cm³/mol. The van der Waals surface area contributed by atoms with Crippen molar-refractivity contribution in [2.24, 2.45) is 0 Å². The van der Waals surface area contributed by atoms with Crippen molar-refractivity contribution in [3.63, 3.8) is 0 Å². The van der Waals surface area contributed by atoms with Gasteiger partial charge in [0.2, 0.25) is 0 Å². The molecule has 2 rings (SSSR count). The Hall–Kier alpha value is -2.74. The lowest BCUT2D eigenvalue weighted by molar-refractivity contribution is -0.128.